The number of anilines is 4. The number of halogens is 9. The minimum atomic E-state index is -0.758. The molecule has 0 aliphatic rings. The fourth-order valence-corrected chi connectivity index (χ4v) is 12.8. The van der Waals surface area contributed by atoms with Crippen LogP contribution in [0.25, 0.3) is 42.7 Å². The van der Waals surface area contributed by atoms with Crippen LogP contribution in [0.5, 0.6) is 0 Å². The lowest BCUT2D eigenvalue weighted by Crippen LogP contribution is -2.31. The number of carbonyl (C=O) groups excluding carboxylic acids is 8. The topological polar surface area (TPSA) is 387 Å². The Morgan fingerprint density at radius 1 is 0.385 bits per heavy atom. The molecule has 8 aromatic heterocycles. The van der Waals surface area contributed by atoms with Gasteiger partial charge in [0.05, 0.1) is 96.4 Å². The molecule has 12 rings (SSSR count). The van der Waals surface area contributed by atoms with Gasteiger partial charge in [0.1, 0.15) is 32.0 Å². The van der Waals surface area contributed by atoms with Crippen LogP contribution >= 0.6 is 113 Å². The number of aromatic nitrogens is 12. The summed E-state index contributed by atoms with van der Waals surface area (Å²) in [6, 6.07) is 30.3. The maximum atomic E-state index is 13.1. The molecule has 0 radical (unpaired) electrons. The smallest absolute Gasteiger partial charge is 0.274 e. The summed E-state index contributed by atoms with van der Waals surface area (Å²) in [6.45, 7) is 37.4. The largest absolute Gasteiger partial charge is 0.366 e. The molecule has 8 heterocycles. The molecule has 0 saturated heterocycles. The number of pyridine rings is 4. The highest BCUT2D eigenvalue weighted by atomic mass is 79.9. The number of primary amides is 1. The van der Waals surface area contributed by atoms with Crippen molar-refractivity contribution in [2.45, 2.75) is 40.7 Å². The number of aryl methyl sites for hydroxylation is 3. The number of hydrogen-bond donors (Lipinski definition) is 8. The number of nitrogens with zero attached hydrogens (tertiary/aromatic N) is 16. The van der Waals surface area contributed by atoms with E-state index in [-0.39, 0.29) is 134 Å². The minimum Gasteiger partial charge on any atom is -0.366 e. The molecule has 0 unspecified atom stereocenters. The fourth-order valence-electron chi connectivity index (χ4n) is 10.7. The predicted molar refractivity (Wildman–Crippen MR) is 451 cm³/mol. The molecule has 0 aliphatic carbocycles. The van der Waals surface area contributed by atoms with Crippen molar-refractivity contribution in [2.75, 3.05) is 35.4 Å². The van der Waals surface area contributed by atoms with E-state index in [1.807, 2.05) is 13.8 Å². The lowest BCUT2D eigenvalue weighted by molar-refractivity contribution is 0.0938. The fraction of sp³-hybridized carbons (Fsp3) is 0.105. The van der Waals surface area contributed by atoms with Gasteiger partial charge in [-0.3, -0.25) is 38.4 Å². The van der Waals surface area contributed by atoms with Gasteiger partial charge in [-0.15, -0.1) is 0 Å². The average Bonchev–Trinajstić information content (AvgIpc) is 1.75. The van der Waals surface area contributed by atoms with Gasteiger partial charge >= 0.3 is 0 Å². The minimum absolute atomic E-state index is 0.0174. The van der Waals surface area contributed by atoms with Crippen LogP contribution in [0.1, 0.15) is 114 Å². The van der Waals surface area contributed by atoms with Crippen LogP contribution in [0.15, 0.2) is 155 Å². The van der Waals surface area contributed by atoms with Crippen LogP contribution in [0.2, 0.25) is 35.4 Å². The Balaban J connectivity index is 0.000000178. The monoisotopic (exact) mass is 1830 g/mol. The van der Waals surface area contributed by atoms with Gasteiger partial charge in [-0.1, -0.05) is 99.4 Å². The van der Waals surface area contributed by atoms with Crippen molar-refractivity contribution in [3.05, 3.63) is 298 Å². The molecule has 32 nitrogen and oxygen atoms in total. The van der Waals surface area contributed by atoms with E-state index >= 15 is 0 Å². The normalized spacial score (nSPS) is 10.4. The standard InChI is InChI=1S/C21H18Cl2N6O2.C19H14BrClN6O2.C18H12BrClN6O2.C18H11Cl3N6O2/c1-11(2)26-20(30)14-9-13(24-4)8-12(3)18(14)27-21(31)16-10-17(23)28-29(16)19-15(22)6-5-7-25-19;1-10-7-11(22-2)8-12(18(28)23-3)16(10)25-19(29)14-9-15(20)26-27(14)17-13(21)5-4-6-24-17;1-9-6-10(22-2)7-11(16(21)27)15(9)24-18(28)13-8-14(19)25-26(13)17-12(20)4-3-5-23-17;1-22-9-6-10(17(28)23-2)15(12(20)7-9)25-18(29)13-8-14(21)26-27(13)16-11(19)4-3-5-24-16/h5-11H,1-3H3,(H,26,30)(H,27,31);4-9H,1,3H3,(H,23,28)(H,25,29);3-8H,1H3,(H2,21,27)(H,24,28);3-8H,2H3,(H,23,28)(H,25,29). The Morgan fingerprint density at radius 3 is 0.974 bits per heavy atom. The molecule has 0 bridgehead atoms. The first-order valence-corrected chi connectivity index (χ1v) is 37.5. The summed E-state index contributed by atoms with van der Waals surface area (Å²) >= 11 is 49.5. The summed E-state index contributed by atoms with van der Waals surface area (Å²) < 4.78 is 5.82. The second kappa shape index (κ2) is 39.4. The van der Waals surface area contributed by atoms with Gasteiger partial charge < -0.3 is 43.0 Å². The van der Waals surface area contributed by atoms with Crippen molar-refractivity contribution in [3.8, 4) is 23.3 Å². The Morgan fingerprint density at radius 2 is 0.667 bits per heavy atom. The van der Waals surface area contributed by atoms with Crippen LogP contribution in [0.4, 0.5) is 45.5 Å². The second-order valence-electron chi connectivity index (χ2n) is 24.1. The number of nitrogens with one attached hydrogen (secondary N) is 7. The maximum Gasteiger partial charge on any atom is 0.274 e. The third-order valence-electron chi connectivity index (χ3n) is 15.8. The van der Waals surface area contributed by atoms with Crippen molar-refractivity contribution in [2.24, 2.45) is 5.73 Å². The average molecular weight is 1840 g/mol. The summed E-state index contributed by atoms with van der Waals surface area (Å²) in [5, 5.41) is 36.4. The number of carbonyl (C=O) groups is 8. The molecular weight excluding hydrogens is 1780 g/mol. The zero-order chi connectivity index (χ0) is 85.4. The lowest BCUT2D eigenvalue weighted by Gasteiger charge is -2.16. The predicted octanol–water partition coefficient (Wildman–Crippen LogP) is 17.3. The van der Waals surface area contributed by atoms with Gasteiger partial charge in [0.25, 0.3) is 41.4 Å². The summed E-state index contributed by atoms with van der Waals surface area (Å²) in [6.07, 6.45) is 6.06. The summed E-state index contributed by atoms with van der Waals surface area (Å²) in [5.41, 5.74) is 9.76. The number of hydrogen-bond acceptors (Lipinski definition) is 16. The summed E-state index contributed by atoms with van der Waals surface area (Å²) in [7, 11) is 2.90. The maximum absolute atomic E-state index is 13.1. The zero-order valence-electron chi connectivity index (χ0n) is 61.3. The molecule has 0 atom stereocenters. The Bertz CT molecular complexity index is 6000. The van der Waals surface area contributed by atoms with Crippen molar-refractivity contribution in [1.82, 2.24) is 75.0 Å². The van der Waals surface area contributed by atoms with Gasteiger partial charge in [0, 0.05) is 69.2 Å². The molecule has 8 amide bonds. The highest BCUT2D eigenvalue weighted by molar-refractivity contribution is 9.10. The van der Waals surface area contributed by atoms with Crippen LogP contribution in [-0.2, 0) is 0 Å². The van der Waals surface area contributed by atoms with E-state index in [1.165, 1.54) is 112 Å². The van der Waals surface area contributed by atoms with E-state index in [9.17, 15) is 38.4 Å². The van der Waals surface area contributed by atoms with Gasteiger partial charge in [-0.05, 0) is 162 Å². The number of benzene rings is 4. The van der Waals surface area contributed by atoms with Crippen molar-refractivity contribution in [1.29, 1.82) is 0 Å². The first-order valence-electron chi connectivity index (χ1n) is 33.3. The van der Waals surface area contributed by atoms with E-state index < -0.39 is 47.3 Å². The Labute approximate surface area is 716 Å². The molecule has 0 spiro atoms. The quantitative estimate of drug-likeness (QED) is 0.0393. The number of amides is 8. The molecule has 0 fully saturated rings. The molecule has 590 valence electrons. The third kappa shape index (κ3) is 21.1. The molecule has 0 aliphatic heterocycles. The van der Waals surface area contributed by atoms with Crippen LogP contribution in [0, 0.1) is 47.1 Å². The van der Waals surface area contributed by atoms with E-state index in [4.69, 9.17) is 113 Å². The van der Waals surface area contributed by atoms with E-state index in [0.29, 0.717) is 47.3 Å². The van der Waals surface area contributed by atoms with Crippen LogP contribution in [-0.4, -0.2) is 126 Å². The first kappa shape index (κ1) is 88.0. The van der Waals surface area contributed by atoms with E-state index in [1.54, 1.807) is 87.5 Å². The first-order chi connectivity index (χ1) is 55.7. The zero-order valence-corrected chi connectivity index (χ0v) is 69.8. The SMILES string of the molecule is [C-]#[N+]c1cc(C)c(NC(=O)c2cc(Br)nn2-c2ncccc2Cl)c(C(=O)NC)c1.[C-]#[N+]c1cc(C)c(NC(=O)c2cc(Br)nn2-c2ncccc2Cl)c(C(N)=O)c1.[C-]#[N+]c1cc(C)c(NC(=O)c2cc(Cl)nn2-c2ncccc2Cl)c(C(=O)NC(C)C)c1.[C-]#[N+]c1cc(Cl)c(NC(=O)c2cc(Cl)nn2-c2ncccc2Cl)c(C(=O)NC)c1. The molecule has 0 saturated carbocycles. The van der Waals surface area contributed by atoms with Crippen molar-refractivity contribution in [3.63, 3.8) is 0 Å². The molecular formula is C76H55Br2Cl7N24O8. The number of rotatable bonds is 17. The van der Waals surface area contributed by atoms with E-state index in [0.717, 1.165) is 0 Å². The van der Waals surface area contributed by atoms with Gasteiger partial charge in [0.15, 0.2) is 56.3 Å². The molecule has 9 N–H and O–H groups in total. The number of nitrogens with two attached hydrogens (primary N) is 1. The lowest BCUT2D eigenvalue weighted by atomic mass is 10.0. The van der Waals surface area contributed by atoms with Crippen molar-refractivity contribution < 1.29 is 38.4 Å². The molecule has 41 heteroatoms. The highest BCUT2D eigenvalue weighted by Gasteiger charge is 2.29. The highest BCUT2D eigenvalue weighted by Crippen LogP contribution is 2.36. The van der Waals surface area contributed by atoms with E-state index in [2.05, 4.69) is 129 Å². The second-order valence-corrected chi connectivity index (χ2v) is 28.5. The molecule has 4 aromatic carbocycles. The van der Waals surface area contributed by atoms with Gasteiger partial charge in [-0.25, -0.2) is 58.0 Å². The van der Waals surface area contributed by atoms with Crippen molar-refractivity contribution >= 4 is 206 Å². The third-order valence-corrected chi connectivity index (χ3v) is 18.4. The summed E-state index contributed by atoms with van der Waals surface area (Å²) in [4.78, 5) is 131. The van der Waals surface area contributed by atoms with Gasteiger partial charge in [0.2, 0.25) is 5.91 Å². The Hall–Kier alpha value is -13.0. The molecule has 12 aromatic rings. The summed E-state index contributed by atoms with van der Waals surface area (Å²) in [5.74, 6) is -3.41. The molecule has 117 heavy (non-hydrogen) atoms. The van der Waals surface area contributed by atoms with Crippen LogP contribution in [0.3, 0.4) is 0 Å². The van der Waals surface area contributed by atoms with Gasteiger partial charge in [-0.2, -0.15) is 20.4 Å². The van der Waals surface area contributed by atoms with Crippen LogP contribution < -0.4 is 43.0 Å². The Kier molecular flexibility index (Phi) is 29.6.